The molecule has 1 N–H and O–H groups in total. The Balaban J connectivity index is 1.48. The summed E-state index contributed by atoms with van der Waals surface area (Å²) in [4.78, 5) is 22.6. The molecule has 1 aliphatic heterocycles. The van der Waals surface area contributed by atoms with Crippen LogP contribution >= 0.6 is 11.3 Å². The van der Waals surface area contributed by atoms with Crippen molar-refractivity contribution in [1.82, 2.24) is 24.6 Å². The van der Waals surface area contributed by atoms with Crippen LogP contribution in [0.2, 0.25) is 0 Å². The molecule has 0 saturated carbocycles. The topological polar surface area (TPSA) is 57.2 Å². The van der Waals surface area contributed by atoms with Gasteiger partial charge in [-0.3, -0.25) is 14.8 Å². The Hall–Kier alpha value is -1.96. The molecule has 6 nitrogen and oxygen atoms in total. The lowest BCUT2D eigenvalue weighted by atomic mass is 9.92. The molecule has 26 heavy (non-hydrogen) atoms. The first-order chi connectivity index (χ1) is 12.7. The third-order valence-electron chi connectivity index (χ3n) is 5.86. The van der Waals surface area contributed by atoms with E-state index in [1.165, 1.54) is 0 Å². The molecular weight excluding hydrogens is 346 g/mol. The summed E-state index contributed by atoms with van der Waals surface area (Å²) in [5.74, 6) is 0.722. The Bertz CT molecular complexity index is 995. The minimum atomic E-state index is 0.0741. The van der Waals surface area contributed by atoms with E-state index in [2.05, 4.69) is 26.9 Å². The van der Waals surface area contributed by atoms with E-state index in [0.717, 1.165) is 72.6 Å². The number of thiophene rings is 1. The van der Waals surface area contributed by atoms with Crippen LogP contribution in [0.15, 0.2) is 28.5 Å². The van der Waals surface area contributed by atoms with Gasteiger partial charge < -0.3 is 4.90 Å². The van der Waals surface area contributed by atoms with E-state index in [1.807, 2.05) is 17.5 Å². The first kappa shape index (κ1) is 16.2. The van der Waals surface area contributed by atoms with Gasteiger partial charge in [-0.2, -0.15) is 0 Å². The number of hydrogen-bond donors (Lipinski definition) is 1. The molecule has 0 aromatic carbocycles. The van der Waals surface area contributed by atoms with Crippen molar-refractivity contribution in [1.29, 1.82) is 0 Å². The van der Waals surface area contributed by atoms with Crippen LogP contribution in [0.5, 0.6) is 0 Å². The van der Waals surface area contributed by atoms with Gasteiger partial charge in [-0.25, -0.2) is 9.67 Å². The maximum atomic E-state index is 13.1. The van der Waals surface area contributed by atoms with Crippen molar-refractivity contribution >= 4 is 21.4 Å². The van der Waals surface area contributed by atoms with Gasteiger partial charge in [-0.05, 0) is 43.8 Å². The minimum absolute atomic E-state index is 0.0741. The number of likely N-dealkylation sites (N-methyl/N-ethyl adjacent to an activating group) is 1. The van der Waals surface area contributed by atoms with Gasteiger partial charge in [0.15, 0.2) is 5.82 Å². The molecule has 1 aliphatic carbocycles. The molecule has 0 amide bonds. The molecule has 0 bridgehead atoms. The maximum absolute atomic E-state index is 13.1. The fourth-order valence-corrected chi connectivity index (χ4v) is 5.07. The van der Waals surface area contributed by atoms with Gasteiger partial charge in [-0.1, -0.05) is 0 Å². The van der Waals surface area contributed by atoms with Crippen LogP contribution in [0.4, 0.5) is 0 Å². The van der Waals surface area contributed by atoms with Gasteiger partial charge in [-0.15, -0.1) is 11.3 Å². The normalized spacial score (nSPS) is 22.0. The number of rotatable bonds is 2. The van der Waals surface area contributed by atoms with E-state index in [4.69, 9.17) is 0 Å². The highest BCUT2D eigenvalue weighted by atomic mass is 32.1. The number of nitrogens with zero attached hydrogens (tertiary/aromatic N) is 4. The molecule has 1 atom stereocenters. The zero-order valence-corrected chi connectivity index (χ0v) is 15.8. The Labute approximate surface area is 156 Å². The van der Waals surface area contributed by atoms with Crippen LogP contribution in [-0.4, -0.2) is 63.8 Å². The molecule has 0 radical (unpaired) electrons. The van der Waals surface area contributed by atoms with Crippen LogP contribution in [0, 0.1) is 0 Å². The zero-order chi connectivity index (χ0) is 17.7. The highest BCUT2D eigenvalue weighted by molar-refractivity contribution is 7.17. The van der Waals surface area contributed by atoms with Gasteiger partial charge in [0.1, 0.15) is 0 Å². The number of piperazine rings is 1. The number of aryl methyl sites for hydroxylation is 1. The van der Waals surface area contributed by atoms with E-state index in [9.17, 15) is 4.79 Å². The number of hydrogen-bond acceptors (Lipinski definition) is 5. The lowest BCUT2D eigenvalue weighted by Gasteiger charge is -2.39. The standard InChI is InChI=1S/C19H23N5OS/c1-22-7-9-23(10-8-22)13-2-3-16-15(12-13)19(25)24(21-16)18-14-5-11-26-17(14)4-6-20-18/h4-6,11,13,21H,2-3,7-10,12H2,1H3. The van der Waals surface area contributed by atoms with Crippen molar-refractivity contribution in [2.24, 2.45) is 0 Å². The number of fused-ring (bicyclic) bond motifs is 2. The van der Waals surface area contributed by atoms with E-state index in [-0.39, 0.29) is 5.56 Å². The second-order valence-corrected chi connectivity index (χ2v) is 8.36. The molecular formula is C19H23N5OS. The third kappa shape index (κ3) is 2.62. The minimum Gasteiger partial charge on any atom is -0.304 e. The molecule has 1 saturated heterocycles. The Morgan fingerprint density at radius 1 is 1.23 bits per heavy atom. The molecule has 3 aromatic heterocycles. The SMILES string of the molecule is CN1CCN(C2CCc3[nH]n(-c4nccc5sccc45)c(=O)c3C2)CC1. The summed E-state index contributed by atoms with van der Waals surface area (Å²) < 4.78 is 2.82. The van der Waals surface area contributed by atoms with Crippen molar-refractivity contribution in [3.63, 3.8) is 0 Å². The summed E-state index contributed by atoms with van der Waals surface area (Å²) in [6, 6.07) is 4.53. The van der Waals surface area contributed by atoms with Crippen molar-refractivity contribution in [3.05, 3.63) is 45.3 Å². The second kappa shape index (κ2) is 6.33. The molecule has 2 aliphatic rings. The fraction of sp³-hybridized carbons (Fsp3) is 0.474. The number of nitrogens with one attached hydrogen (secondary N) is 1. The van der Waals surface area contributed by atoms with E-state index >= 15 is 0 Å². The van der Waals surface area contributed by atoms with Crippen LogP contribution in [0.25, 0.3) is 15.9 Å². The molecule has 4 heterocycles. The first-order valence-electron chi connectivity index (χ1n) is 9.28. The fourth-order valence-electron chi connectivity index (χ4n) is 4.29. The summed E-state index contributed by atoms with van der Waals surface area (Å²) in [6.07, 6.45) is 4.69. The second-order valence-electron chi connectivity index (χ2n) is 7.41. The summed E-state index contributed by atoms with van der Waals surface area (Å²) in [5.41, 5.74) is 2.12. The van der Waals surface area contributed by atoms with Crippen molar-refractivity contribution in [3.8, 4) is 5.82 Å². The van der Waals surface area contributed by atoms with E-state index < -0.39 is 0 Å². The van der Waals surface area contributed by atoms with Gasteiger partial charge >= 0.3 is 0 Å². The average molecular weight is 369 g/mol. The average Bonchev–Trinajstić information content (AvgIpc) is 3.27. The summed E-state index contributed by atoms with van der Waals surface area (Å²) in [6.45, 7) is 4.44. The molecule has 5 rings (SSSR count). The molecule has 136 valence electrons. The zero-order valence-electron chi connectivity index (χ0n) is 14.9. The van der Waals surface area contributed by atoms with Crippen LogP contribution in [0.1, 0.15) is 17.7 Å². The van der Waals surface area contributed by atoms with E-state index in [1.54, 1.807) is 22.2 Å². The molecule has 0 spiro atoms. The van der Waals surface area contributed by atoms with Crippen LogP contribution < -0.4 is 5.56 Å². The predicted molar refractivity (Wildman–Crippen MR) is 104 cm³/mol. The molecule has 7 heteroatoms. The monoisotopic (exact) mass is 369 g/mol. The van der Waals surface area contributed by atoms with Gasteiger partial charge in [0, 0.05) is 59.8 Å². The van der Waals surface area contributed by atoms with Crippen LogP contribution in [-0.2, 0) is 12.8 Å². The molecule has 1 unspecified atom stereocenters. The van der Waals surface area contributed by atoms with Crippen molar-refractivity contribution in [2.45, 2.75) is 25.3 Å². The first-order valence-corrected chi connectivity index (χ1v) is 10.2. The van der Waals surface area contributed by atoms with Crippen LogP contribution in [0.3, 0.4) is 0 Å². The number of aromatic nitrogens is 3. The summed E-state index contributed by atoms with van der Waals surface area (Å²) in [7, 11) is 2.18. The lowest BCUT2D eigenvalue weighted by molar-refractivity contribution is 0.103. The van der Waals surface area contributed by atoms with Crippen molar-refractivity contribution in [2.75, 3.05) is 33.2 Å². The summed E-state index contributed by atoms with van der Waals surface area (Å²) >= 11 is 1.68. The third-order valence-corrected chi connectivity index (χ3v) is 6.75. The molecule has 1 fully saturated rings. The largest absolute Gasteiger partial charge is 0.304 e. The molecule has 3 aromatic rings. The maximum Gasteiger partial charge on any atom is 0.276 e. The van der Waals surface area contributed by atoms with Gasteiger partial charge in [0.05, 0.1) is 0 Å². The smallest absolute Gasteiger partial charge is 0.276 e. The highest BCUT2D eigenvalue weighted by Crippen LogP contribution is 2.26. The summed E-state index contributed by atoms with van der Waals surface area (Å²) in [5, 5.41) is 6.43. The lowest BCUT2D eigenvalue weighted by Crippen LogP contribution is -2.50. The number of pyridine rings is 1. The number of H-pyrrole nitrogens is 1. The van der Waals surface area contributed by atoms with E-state index in [0.29, 0.717) is 6.04 Å². The van der Waals surface area contributed by atoms with Crippen molar-refractivity contribution < 1.29 is 0 Å². The quantitative estimate of drug-likeness (QED) is 0.749. The Kier molecular flexibility index (Phi) is 3.95. The number of aromatic amines is 1. The van der Waals surface area contributed by atoms with Gasteiger partial charge in [0.2, 0.25) is 0 Å². The Morgan fingerprint density at radius 3 is 2.92 bits per heavy atom. The Morgan fingerprint density at radius 2 is 2.08 bits per heavy atom. The predicted octanol–water partition coefficient (Wildman–Crippen LogP) is 1.88. The van der Waals surface area contributed by atoms with Gasteiger partial charge in [0.25, 0.3) is 5.56 Å². The highest BCUT2D eigenvalue weighted by Gasteiger charge is 2.30.